The standard InChI is InChI=1S/C16H22N2O2S/c1-15(2)10-18(11-16(3,4)20-15)14(19)13-8-7-12(21-13)6-5-9-17/h7-8H,9-11,17H2,1-4H3. The summed E-state index contributed by atoms with van der Waals surface area (Å²) in [5, 5.41) is 0. The molecule has 0 aliphatic carbocycles. The minimum atomic E-state index is -0.336. The van der Waals surface area contributed by atoms with Crippen molar-refractivity contribution in [3.05, 3.63) is 21.9 Å². The predicted molar refractivity (Wildman–Crippen MR) is 85.4 cm³/mol. The molecule has 0 spiro atoms. The van der Waals surface area contributed by atoms with Gasteiger partial charge in [-0.3, -0.25) is 4.79 Å². The Morgan fingerprint density at radius 2 is 1.95 bits per heavy atom. The number of carbonyl (C=O) groups excluding carboxylic acids is 1. The van der Waals surface area contributed by atoms with Gasteiger partial charge in [-0.2, -0.15) is 0 Å². The first-order chi connectivity index (χ1) is 9.72. The molecule has 1 fully saturated rings. The maximum Gasteiger partial charge on any atom is 0.264 e. The molecule has 0 radical (unpaired) electrons. The van der Waals surface area contributed by atoms with Crippen LogP contribution in [0.3, 0.4) is 0 Å². The van der Waals surface area contributed by atoms with E-state index in [1.807, 2.05) is 44.7 Å². The molecular formula is C16H22N2O2S. The van der Waals surface area contributed by atoms with E-state index in [9.17, 15) is 4.79 Å². The summed E-state index contributed by atoms with van der Waals surface area (Å²) < 4.78 is 6.01. The molecular weight excluding hydrogens is 284 g/mol. The number of ether oxygens (including phenoxy) is 1. The number of carbonyl (C=O) groups is 1. The van der Waals surface area contributed by atoms with Gasteiger partial charge in [0.15, 0.2) is 0 Å². The highest BCUT2D eigenvalue weighted by molar-refractivity contribution is 7.14. The molecule has 1 aromatic rings. The molecule has 1 aliphatic rings. The van der Waals surface area contributed by atoms with Crippen LogP contribution in [-0.2, 0) is 4.74 Å². The van der Waals surface area contributed by atoms with Crippen LogP contribution in [0.4, 0.5) is 0 Å². The summed E-state index contributed by atoms with van der Waals surface area (Å²) >= 11 is 1.41. The highest BCUT2D eigenvalue weighted by Crippen LogP contribution is 2.30. The lowest BCUT2D eigenvalue weighted by Gasteiger charge is -2.47. The molecule has 4 nitrogen and oxygen atoms in total. The van der Waals surface area contributed by atoms with Gasteiger partial charge in [-0.1, -0.05) is 11.8 Å². The Balaban J connectivity index is 2.17. The van der Waals surface area contributed by atoms with E-state index in [4.69, 9.17) is 10.5 Å². The number of amides is 1. The zero-order chi connectivity index (χ0) is 15.7. The van der Waals surface area contributed by atoms with Crippen LogP contribution < -0.4 is 5.73 Å². The zero-order valence-corrected chi connectivity index (χ0v) is 13.8. The van der Waals surface area contributed by atoms with Crippen molar-refractivity contribution >= 4 is 17.2 Å². The van der Waals surface area contributed by atoms with Crippen molar-refractivity contribution in [2.45, 2.75) is 38.9 Å². The number of nitrogens with two attached hydrogens (primary N) is 1. The molecule has 1 amide bonds. The summed E-state index contributed by atoms with van der Waals surface area (Å²) in [6.07, 6.45) is 0. The normalized spacial score (nSPS) is 19.8. The predicted octanol–water partition coefficient (Wildman–Crippen LogP) is 2.09. The topological polar surface area (TPSA) is 55.6 Å². The van der Waals surface area contributed by atoms with Crippen molar-refractivity contribution < 1.29 is 9.53 Å². The van der Waals surface area contributed by atoms with E-state index in [1.165, 1.54) is 11.3 Å². The van der Waals surface area contributed by atoms with Gasteiger partial charge in [0.1, 0.15) is 0 Å². The first-order valence-electron chi connectivity index (χ1n) is 7.01. The Morgan fingerprint density at radius 1 is 1.33 bits per heavy atom. The fraction of sp³-hybridized carbons (Fsp3) is 0.562. The highest BCUT2D eigenvalue weighted by Gasteiger charge is 2.40. The Labute approximate surface area is 130 Å². The fourth-order valence-electron chi connectivity index (χ4n) is 2.75. The molecule has 0 bridgehead atoms. The number of nitrogens with zero attached hydrogens (tertiary/aromatic N) is 1. The average Bonchev–Trinajstić information content (AvgIpc) is 2.80. The van der Waals surface area contributed by atoms with Gasteiger partial charge in [-0.25, -0.2) is 0 Å². The Bertz CT molecular complexity index is 577. The molecule has 0 saturated carbocycles. The summed E-state index contributed by atoms with van der Waals surface area (Å²) in [7, 11) is 0. The van der Waals surface area contributed by atoms with Crippen LogP contribution in [0.25, 0.3) is 0 Å². The fourth-order valence-corrected chi connectivity index (χ4v) is 3.59. The molecule has 1 saturated heterocycles. The summed E-state index contributed by atoms with van der Waals surface area (Å²) in [6.45, 7) is 9.57. The second-order valence-corrected chi connectivity index (χ2v) is 7.54. The minimum absolute atomic E-state index is 0.0465. The molecule has 2 rings (SSSR count). The largest absolute Gasteiger partial charge is 0.366 e. The Morgan fingerprint density at radius 3 is 2.52 bits per heavy atom. The molecule has 21 heavy (non-hydrogen) atoms. The van der Waals surface area contributed by atoms with Gasteiger partial charge in [0, 0.05) is 13.1 Å². The van der Waals surface area contributed by atoms with E-state index in [-0.39, 0.29) is 17.1 Å². The van der Waals surface area contributed by atoms with Gasteiger partial charge < -0.3 is 15.4 Å². The van der Waals surface area contributed by atoms with Crippen LogP contribution in [0.1, 0.15) is 42.2 Å². The molecule has 2 heterocycles. The van der Waals surface area contributed by atoms with Crippen LogP contribution in [0.5, 0.6) is 0 Å². The van der Waals surface area contributed by atoms with Crippen molar-refractivity contribution in [3.63, 3.8) is 0 Å². The van der Waals surface area contributed by atoms with Gasteiger partial charge in [-0.05, 0) is 39.8 Å². The number of hydrogen-bond donors (Lipinski definition) is 1. The SMILES string of the molecule is CC1(C)CN(C(=O)c2ccc(C#CCN)s2)CC(C)(C)O1. The Kier molecular flexibility index (Phi) is 4.43. The second-order valence-electron chi connectivity index (χ2n) is 6.45. The number of morpholine rings is 1. The summed E-state index contributed by atoms with van der Waals surface area (Å²) in [5.74, 6) is 5.82. The first-order valence-corrected chi connectivity index (χ1v) is 7.82. The third kappa shape index (κ3) is 4.07. The molecule has 2 N–H and O–H groups in total. The van der Waals surface area contributed by atoms with Crippen LogP contribution in [0.15, 0.2) is 12.1 Å². The smallest absolute Gasteiger partial charge is 0.264 e. The van der Waals surface area contributed by atoms with Crippen molar-refractivity contribution in [2.75, 3.05) is 19.6 Å². The van der Waals surface area contributed by atoms with Gasteiger partial charge in [0.25, 0.3) is 5.91 Å². The third-order valence-corrected chi connectivity index (χ3v) is 4.10. The maximum absolute atomic E-state index is 12.7. The molecule has 0 atom stereocenters. The van der Waals surface area contributed by atoms with E-state index < -0.39 is 0 Å². The van der Waals surface area contributed by atoms with E-state index >= 15 is 0 Å². The van der Waals surface area contributed by atoms with Crippen molar-refractivity contribution in [2.24, 2.45) is 5.73 Å². The van der Waals surface area contributed by atoms with Gasteiger partial charge in [0.05, 0.1) is 27.5 Å². The average molecular weight is 306 g/mol. The Hall–Kier alpha value is -1.35. The van der Waals surface area contributed by atoms with Gasteiger partial charge in [0.2, 0.25) is 0 Å². The lowest BCUT2D eigenvalue weighted by molar-refractivity contribution is -0.171. The summed E-state index contributed by atoms with van der Waals surface area (Å²) in [5.41, 5.74) is 4.69. The van der Waals surface area contributed by atoms with Gasteiger partial charge in [-0.15, -0.1) is 11.3 Å². The molecule has 5 heteroatoms. The lowest BCUT2D eigenvalue weighted by Crippen LogP contribution is -2.58. The van der Waals surface area contributed by atoms with Gasteiger partial charge >= 0.3 is 0 Å². The molecule has 0 unspecified atom stereocenters. The van der Waals surface area contributed by atoms with E-state index in [1.54, 1.807) is 0 Å². The number of thiophene rings is 1. The molecule has 114 valence electrons. The molecule has 0 aromatic carbocycles. The lowest BCUT2D eigenvalue weighted by atomic mass is 9.99. The number of rotatable bonds is 1. The maximum atomic E-state index is 12.7. The first kappa shape index (κ1) is 16.0. The second kappa shape index (κ2) is 5.80. The van der Waals surface area contributed by atoms with Crippen LogP contribution in [0.2, 0.25) is 0 Å². The summed E-state index contributed by atoms with van der Waals surface area (Å²) in [6, 6.07) is 3.71. The van der Waals surface area contributed by atoms with Crippen molar-refractivity contribution in [3.8, 4) is 11.8 Å². The molecule has 1 aliphatic heterocycles. The van der Waals surface area contributed by atoms with Crippen LogP contribution in [0, 0.1) is 11.8 Å². The highest BCUT2D eigenvalue weighted by atomic mass is 32.1. The third-order valence-electron chi connectivity index (χ3n) is 3.11. The van der Waals surface area contributed by atoms with E-state index in [0.29, 0.717) is 24.5 Å². The monoisotopic (exact) mass is 306 g/mol. The van der Waals surface area contributed by atoms with E-state index in [2.05, 4.69) is 11.8 Å². The summed E-state index contributed by atoms with van der Waals surface area (Å²) in [4.78, 5) is 16.1. The number of hydrogen-bond acceptors (Lipinski definition) is 4. The zero-order valence-electron chi connectivity index (χ0n) is 13.0. The van der Waals surface area contributed by atoms with Crippen molar-refractivity contribution in [1.82, 2.24) is 4.90 Å². The molecule has 1 aromatic heterocycles. The van der Waals surface area contributed by atoms with E-state index in [0.717, 1.165) is 4.88 Å². The minimum Gasteiger partial charge on any atom is -0.366 e. The van der Waals surface area contributed by atoms with Crippen LogP contribution in [-0.4, -0.2) is 41.6 Å². The van der Waals surface area contributed by atoms with Crippen LogP contribution >= 0.6 is 11.3 Å². The quantitative estimate of drug-likeness (QED) is 0.808. The van der Waals surface area contributed by atoms with Crippen molar-refractivity contribution in [1.29, 1.82) is 0 Å².